The van der Waals surface area contributed by atoms with E-state index in [9.17, 15) is 5.11 Å². The molecule has 146 valence electrons. The Balaban J connectivity index is 1.49. The highest BCUT2D eigenvalue weighted by Crippen LogP contribution is 2.33. The van der Waals surface area contributed by atoms with E-state index in [1.54, 1.807) is 0 Å². The molecule has 27 heavy (non-hydrogen) atoms. The number of nitrogens with zero attached hydrogens (tertiary/aromatic N) is 1. The SMILES string of the molecule is CCCCCCCCc1ccc(-c2ccc([C@H]3CC[C@H](O)CC3)cc2)nc1. The molecule has 2 aromatic rings. The fourth-order valence-corrected chi connectivity index (χ4v) is 4.19. The molecule has 0 aliphatic heterocycles. The Bertz CT molecular complexity index is 654. The van der Waals surface area contributed by atoms with Gasteiger partial charge in [-0.25, -0.2) is 0 Å². The molecule has 0 atom stereocenters. The molecule has 0 unspecified atom stereocenters. The van der Waals surface area contributed by atoms with Gasteiger partial charge in [0.2, 0.25) is 0 Å². The van der Waals surface area contributed by atoms with Crippen LogP contribution in [0, 0.1) is 0 Å². The van der Waals surface area contributed by atoms with Crippen molar-refractivity contribution in [2.75, 3.05) is 0 Å². The minimum absolute atomic E-state index is 0.0837. The van der Waals surface area contributed by atoms with Crippen LogP contribution in [0.25, 0.3) is 11.3 Å². The van der Waals surface area contributed by atoms with Crippen molar-refractivity contribution in [1.29, 1.82) is 0 Å². The fourth-order valence-electron chi connectivity index (χ4n) is 4.19. The lowest BCUT2D eigenvalue weighted by Gasteiger charge is -2.25. The van der Waals surface area contributed by atoms with Gasteiger partial charge in [0.05, 0.1) is 11.8 Å². The summed E-state index contributed by atoms with van der Waals surface area (Å²) in [6.07, 6.45) is 15.2. The number of aromatic nitrogens is 1. The van der Waals surface area contributed by atoms with E-state index in [2.05, 4.69) is 49.5 Å². The topological polar surface area (TPSA) is 33.1 Å². The monoisotopic (exact) mass is 365 g/mol. The first-order chi connectivity index (χ1) is 13.3. The first-order valence-electron chi connectivity index (χ1n) is 11.0. The maximum absolute atomic E-state index is 9.68. The molecular formula is C25H35NO. The van der Waals surface area contributed by atoms with E-state index in [1.807, 2.05) is 0 Å². The average molecular weight is 366 g/mol. The minimum atomic E-state index is -0.0837. The zero-order valence-corrected chi connectivity index (χ0v) is 16.9. The number of aryl methyl sites for hydroxylation is 1. The molecule has 1 heterocycles. The van der Waals surface area contributed by atoms with Crippen molar-refractivity contribution in [1.82, 2.24) is 4.98 Å². The summed E-state index contributed by atoms with van der Waals surface area (Å²) in [6.45, 7) is 2.27. The second-order valence-electron chi connectivity index (χ2n) is 8.20. The van der Waals surface area contributed by atoms with Crippen LogP contribution in [-0.4, -0.2) is 16.2 Å². The number of unbranched alkanes of at least 4 members (excludes halogenated alkanes) is 5. The molecule has 0 amide bonds. The maximum Gasteiger partial charge on any atom is 0.0702 e. The van der Waals surface area contributed by atoms with Crippen LogP contribution >= 0.6 is 0 Å². The van der Waals surface area contributed by atoms with E-state index >= 15 is 0 Å². The molecule has 1 aromatic carbocycles. The number of hydrogen-bond donors (Lipinski definition) is 1. The first kappa shape index (κ1) is 20.1. The van der Waals surface area contributed by atoms with E-state index in [0.717, 1.165) is 37.8 Å². The van der Waals surface area contributed by atoms with Crippen molar-refractivity contribution in [3.05, 3.63) is 53.7 Å². The number of pyridine rings is 1. The summed E-state index contributed by atoms with van der Waals surface area (Å²) in [6, 6.07) is 13.3. The highest BCUT2D eigenvalue weighted by atomic mass is 16.3. The summed E-state index contributed by atoms with van der Waals surface area (Å²) in [4.78, 5) is 4.70. The van der Waals surface area contributed by atoms with Crippen LogP contribution in [0.15, 0.2) is 42.6 Å². The van der Waals surface area contributed by atoms with Crippen LogP contribution in [0.3, 0.4) is 0 Å². The van der Waals surface area contributed by atoms with Crippen molar-refractivity contribution < 1.29 is 5.11 Å². The second-order valence-corrected chi connectivity index (χ2v) is 8.20. The molecule has 1 saturated carbocycles. The molecule has 0 radical (unpaired) electrons. The summed E-state index contributed by atoms with van der Waals surface area (Å²) in [5.41, 5.74) is 5.02. The van der Waals surface area contributed by atoms with Gasteiger partial charge in [0, 0.05) is 11.8 Å². The van der Waals surface area contributed by atoms with Gasteiger partial charge in [0.1, 0.15) is 0 Å². The third-order valence-corrected chi connectivity index (χ3v) is 6.02. The Labute approximate surface area is 165 Å². The summed E-state index contributed by atoms with van der Waals surface area (Å²) >= 11 is 0. The van der Waals surface area contributed by atoms with Crippen molar-refractivity contribution in [3.8, 4) is 11.3 Å². The van der Waals surface area contributed by atoms with E-state index < -0.39 is 0 Å². The van der Waals surface area contributed by atoms with Gasteiger partial charge < -0.3 is 5.11 Å². The lowest BCUT2D eigenvalue weighted by molar-refractivity contribution is 0.122. The Morgan fingerprint density at radius 2 is 1.56 bits per heavy atom. The van der Waals surface area contributed by atoms with Crippen molar-refractivity contribution in [2.45, 2.75) is 89.6 Å². The number of aliphatic hydroxyl groups excluding tert-OH is 1. The van der Waals surface area contributed by atoms with E-state index in [-0.39, 0.29) is 6.10 Å². The number of rotatable bonds is 9. The lowest BCUT2D eigenvalue weighted by atomic mass is 9.82. The van der Waals surface area contributed by atoms with Gasteiger partial charge in [-0.2, -0.15) is 0 Å². The normalized spacial score (nSPS) is 19.9. The molecule has 0 saturated heterocycles. The molecule has 1 aromatic heterocycles. The molecule has 3 rings (SSSR count). The van der Waals surface area contributed by atoms with Crippen molar-refractivity contribution in [3.63, 3.8) is 0 Å². The molecule has 1 N–H and O–H groups in total. The first-order valence-corrected chi connectivity index (χ1v) is 11.0. The maximum atomic E-state index is 9.68. The standard InChI is InChI=1S/C25H35NO/c1-2-3-4-5-6-7-8-20-9-18-25(26-19-20)23-12-10-21(11-13-23)22-14-16-24(27)17-15-22/h9-13,18-19,22,24,27H,2-8,14-17H2,1H3/t22-,24-. The Morgan fingerprint density at radius 3 is 2.22 bits per heavy atom. The summed E-state index contributed by atoms with van der Waals surface area (Å²) in [7, 11) is 0. The number of hydrogen-bond acceptors (Lipinski definition) is 2. The van der Waals surface area contributed by atoms with Gasteiger partial charge >= 0.3 is 0 Å². The van der Waals surface area contributed by atoms with Crippen LogP contribution in [0.4, 0.5) is 0 Å². The Kier molecular flexibility index (Phi) is 7.89. The van der Waals surface area contributed by atoms with Crippen molar-refractivity contribution in [2.24, 2.45) is 0 Å². The van der Waals surface area contributed by atoms with Gasteiger partial charge in [-0.15, -0.1) is 0 Å². The Morgan fingerprint density at radius 1 is 0.852 bits per heavy atom. The molecule has 0 spiro atoms. The van der Waals surface area contributed by atoms with Crippen molar-refractivity contribution >= 4 is 0 Å². The number of aliphatic hydroxyl groups is 1. The van der Waals surface area contributed by atoms with Gasteiger partial charge in [-0.3, -0.25) is 4.98 Å². The van der Waals surface area contributed by atoms with E-state index in [4.69, 9.17) is 4.98 Å². The summed E-state index contributed by atoms with van der Waals surface area (Å²) in [5.74, 6) is 0.607. The highest BCUT2D eigenvalue weighted by molar-refractivity contribution is 5.59. The van der Waals surface area contributed by atoms with Gasteiger partial charge in [-0.05, 0) is 61.6 Å². The highest BCUT2D eigenvalue weighted by Gasteiger charge is 2.20. The molecule has 1 aliphatic carbocycles. The average Bonchev–Trinajstić information content (AvgIpc) is 2.72. The predicted molar refractivity (Wildman–Crippen MR) is 114 cm³/mol. The molecule has 1 aliphatic rings. The predicted octanol–water partition coefficient (Wildman–Crippen LogP) is 6.67. The minimum Gasteiger partial charge on any atom is -0.393 e. The van der Waals surface area contributed by atoms with Crippen LogP contribution in [0.5, 0.6) is 0 Å². The van der Waals surface area contributed by atoms with Crippen LogP contribution < -0.4 is 0 Å². The second kappa shape index (κ2) is 10.6. The summed E-state index contributed by atoms with van der Waals surface area (Å²) in [5, 5.41) is 9.68. The summed E-state index contributed by atoms with van der Waals surface area (Å²) < 4.78 is 0. The van der Waals surface area contributed by atoms with E-state index in [1.165, 1.54) is 55.2 Å². The molecule has 2 heteroatoms. The Hall–Kier alpha value is -1.67. The quantitative estimate of drug-likeness (QED) is 0.503. The third-order valence-electron chi connectivity index (χ3n) is 6.02. The largest absolute Gasteiger partial charge is 0.393 e. The molecule has 1 fully saturated rings. The molecule has 2 nitrogen and oxygen atoms in total. The van der Waals surface area contributed by atoms with Crippen LogP contribution in [0.2, 0.25) is 0 Å². The van der Waals surface area contributed by atoms with Crippen LogP contribution in [0.1, 0.15) is 88.2 Å². The third kappa shape index (κ3) is 6.17. The smallest absolute Gasteiger partial charge is 0.0702 e. The van der Waals surface area contributed by atoms with Gasteiger partial charge in [0.15, 0.2) is 0 Å². The molecular weight excluding hydrogens is 330 g/mol. The van der Waals surface area contributed by atoms with Crippen LogP contribution in [-0.2, 0) is 6.42 Å². The van der Waals surface area contributed by atoms with E-state index in [0.29, 0.717) is 5.92 Å². The zero-order chi connectivity index (χ0) is 18.9. The fraction of sp³-hybridized carbons (Fsp3) is 0.560. The van der Waals surface area contributed by atoms with Gasteiger partial charge in [0.25, 0.3) is 0 Å². The van der Waals surface area contributed by atoms with Gasteiger partial charge in [-0.1, -0.05) is 69.4 Å². The lowest BCUT2D eigenvalue weighted by Crippen LogP contribution is -2.16. The number of benzene rings is 1. The molecule has 0 bridgehead atoms. The zero-order valence-electron chi connectivity index (χ0n) is 16.9.